The summed E-state index contributed by atoms with van der Waals surface area (Å²) in [5.74, 6) is 0.871. The van der Waals surface area contributed by atoms with E-state index in [0.717, 1.165) is 46.5 Å². The molecular weight excluding hydrogens is 284 g/mol. The standard InChI is InChI=1S/C19H22N4/c1-13(2)18(14-9-5-7-11-16(14)20-3)21-19-15-10-6-8-12-17(15)22-23(19)4/h6-8,10-12,20H,1,5,9H2,2-4H3/b21-18+. The minimum Gasteiger partial charge on any atom is -0.388 e. The number of aliphatic imine (C=N–C) groups is 1. The first-order chi connectivity index (χ1) is 11.1. The van der Waals surface area contributed by atoms with E-state index in [1.807, 2.05) is 43.9 Å². The van der Waals surface area contributed by atoms with Crippen LogP contribution in [0.15, 0.2) is 64.8 Å². The summed E-state index contributed by atoms with van der Waals surface area (Å²) in [6.07, 6.45) is 6.30. The smallest absolute Gasteiger partial charge is 0.158 e. The maximum absolute atomic E-state index is 4.95. The Morgan fingerprint density at radius 2 is 2.13 bits per heavy atom. The van der Waals surface area contributed by atoms with Gasteiger partial charge in [0, 0.05) is 30.8 Å². The van der Waals surface area contributed by atoms with Crippen molar-refractivity contribution in [2.75, 3.05) is 7.05 Å². The van der Waals surface area contributed by atoms with Gasteiger partial charge in [0.25, 0.3) is 0 Å². The predicted molar refractivity (Wildman–Crippen MR) is 97.1 cm³/mol. The van der Waals surface area contributed by atoms with Crippen LogP contribution in [0.4, 0.5) is 5.82 Å². The van der Waals surface area contributed by atoms with E-state index in [0.29, 0.717) is 0 Å². The maximum atomic E-state index is 4.95. The first kappa shape index (κ1) is 15.3. The fourth-order valence-electron chi connectivity index (χ4n) is 2.94. The van der Waals surface area contributed by atoms with E-state index in [9.17, 15) is 0 Å². The highest BCUT2D eigenvalue weighted by Crippen LogP contribution is 2.29. The number of benzene rings is 1. The molecule has 0 bridgehead atoms. The molecule has 0 amide bonds. The maximum Gasteiger partial charge on any atom is 0.158 e. The number of aromatic nitrogens is 2. The van der Waals surface area contributed by atoms with Crippen LogP contribution < -0.4 is 5.32 Å². The van der Waals surface area contributed by atoms with Gasteiger partial charge in [-0.3, -0.25) is 0 Å². The van der Waals surface area contributed by atoms with Crippen LogP contribution in [0.2, 0.25) is 0 Å². The second-order valence-corrected chi connectivity index (χ2v) is 5.79. The number of aryl methyl sites for hydroxylation is 1. The Bertz CT molecular complexity index is 849. The van der Waals surface area contributed by atoms with Crippen LogP contribution >= 0.6 is 0 Å². The Hall–Kier alpha value is -2.62. The third-order valence-corrected chi connectivity index (χ3v) is 4.06. The summed E-state index contributed by atoms with van der Waals surface area (Å²) in [7, 11) is 3.88. The van der Waals surface area contributed by atoms with Crippen LogP contribution in [0, 0.1) is 0 Å². The molecule has 0 radical (unpaired) electrons. The van der Waals surface area contributed by atoms with Gasteiger partial charge in [0.1, 0.15) is 0 Å². The number of rotatable bonds is 4. The lowest BCUT2D eigenvalue weighted by Crippen LogP contribution is -2.16. The molecule has 23 heavy (non-hydrogen) atoms. The molecule has 0 saturated heterocycles. The number of hydrogen-bond acceptors (Lipinski definition) is 3. The Morgan fingerprint density at radius 3 is 2.87 bits per heavy atom. The van der Waals surface area contributed by atoms with Crippen LogP contribution in [0.3, 0.4) is 0 Å². The molecule has 0 aliphatic heterocycles. The van der Waals surface area contributed by atoms with Crippen LogP contribution in [0.5, 0.6) is 0 Å². The quantitative estimate of drug-likeness (QED) is 0.866. The van der Waals surface area contributed by atoms with E-state index in [1.165, 1.54) is 5.57 Å². The normalized spacial score (nSPS) is 15.3. The van der Waals surface area contributed by atoms with Crippen molar-refractivity contribution in [1.82, 2.24) is 15.1 Å². The van der Waals surface area contributed by atoms with Crippen molar-refractivity contribution in [3.05, 3.63) is 59.8 Å². The van der Waals surface area contributed by atoms with Gasteiger partial charge in [-0.25, -0.2) is 9.67 Å². The molecule has 1 aromatic carbocycles. The van der Waals surface area contributed by atoms with Gasteiger partial charge >= 0.3 is 0 Å². The van der Waals surface area contributed by atoms with Gasteiger partial charge in [0.05, 0.1) is 11.2 Å². The zero-order valence-corrected chi connectivity index (χ0v) is 13.9. The average Bonchev–Trinajstić information content (AvgIpc) is 2.87. The van der Waals surface area contributed by atoms with Gasteiger partial charge in [0.15, 0.2) is 5.82 Å². The third-order valence-electron chi connectivity index (χ3n) is 4.06. The molecular formula is C19H22N4. The van der Waals surface area contributed by atoms with Crippen molar-refractivity contribution in [2.45, 2.75) is 19.8 Å². The Morgan fingerprint density at radius 1 is 1.35 bits per heavy atom. The summed E-state index contributed by atoms with van der Waals surface area (Å²) in [5, 5.41) is 8.88. The fourth-order valence-corrected chi connectivity index (χ4v) is 2.94. The van der Waals surface area contributed by atoms with E-state index in [2.05, 4.69) is 35.2 Å². The predicted octanol–water partition coefficient (Wildman–Crippen LogP) is 4.05. The van der Waals surface area contributed by atoms with Crippen LogP contribution in [-0.4, -0.2) is 22.5 Å². The molecule has 1 N–H and O–H groups in total. The minimum atomic E-state index is 0.871. The van der Waals surface area contributed by atoms with Crippen molar-refractivity contribution in [3.8, 4) is 0 Å². The van der Waals surface area contributed by atoms with Crippen LogP contribution in [0.1, 0.15) is 19.8 Å². The van der Waals surface area contributed by atoms with Gasteiger partial charge in [-0.05, 0) is 43.5 Å². The highest BCUT2D eigenvalue weighted by Gasteiger charge is 2.17. The van der Waals surface area contributed by atoms with Crippen LogP contribution in [0.25, 0.3) is 10.9 Å². The molecule has 1 aromatic heterocycles. The topological polar surface area (TPSA) is 42.2 Å². The molecule has 0 fully saturated rings. The van der Waals surface area contributed by atoms with Crippen molar-refractivity contribution >= 4 is 22.4 Å². The molecule has 1 aliphatic rings. The van der Waals surface area contributed by atoms with Gasteiger partial charge in [-0.15, -0.1) is 0 Å². The molecule has 0 unspecified atom stereocenters. The number of fused-ring (bicyclic) bond motifs is 1. The molecule has 0 atom stereocenters. The lowest BCUT2D eigenvalue weighted by atomic mass is 9.94. The Balaban J connectivity index is 2.20. The fraction of sp³-hybridized carbons (Fsp3) is 0.263. The van der Waals surface area contributed by atoms with E-state index in [1.54, 1.807) is 0 Å². The Labute approximate surface area is 136 Å². The number of nitrogens with one attached hydrogen (secondary N) is 1. The summed E-state index contributed by atoms with van der Waals surface area (Å²) in [5.41, 5.74) is 5.21. The lowest BCUT2D eigenvalue weighted by Gasteiger charge is -2.18. The third kappa shape index (κ3) is 2.84. The summed E-state index contributed by atoms with van der Waals surface area (Å²) >= 11 is 0. The number of allylic oxidation sites excluding steroid dienone is 4. The zero-order valence-electron chi connectivity index (χ0n) is 13.9. The van der Waals surface area contributed by atoms with Crippen molar-refractivity contribution in [3.63, 3.8) is 0 Å². The van der Waals surface area contributed by atoms with E-state index < -0.39 is 0 Å². The average molecular weight is 306 g/mol. The molecule has 4 heteroatoms. The largest absolute Gasteiger partial charge is 0.388 e. The highest BCUT2D eigenvalue weighted by atomic mass is 15.3. The summed E-state index contributed by atoms with van der Waals surface area (Å²) in [6, 6.07) is 8.09. The monoisotopic (exact) mass is 306 g/mol. The molecule has 0 saturated carbocycles. The summed E-state index contributed by atoms with van der Waals surface area (Å²) in [6.45, 7) is 6.15. The molecule has 118 valence electrons. The van der Waals surface area contributed by atoms with Crippen LogP contribution in [-0.2, 0) is 7.05 Å². The Kier molecular flexibility index (Phi) is 4.15. The molecule has 1 aliphatic carbocycles. The number of nitrogens with zero attached hydrogens (tertiary/aromatic N) is 3. The first-order valence-electron chi connectivity index (χ1n) is 7.86. The molecule has 3 rings (SSSR count). The number of hydrogen-bond donors (Lipinski definition) is 1. The van der Waals surface area contributed by atoms with Gasteiger partial charge in [-0.2, -0.15) is 5.10 Å². The minimum absolute atomic E-state index is 0.871. The summed E-state index contributed by atoms with van der Waals surface area (Å²) in [4.78, 5) is 4.95. The van der Waals surface area contributed by atoms with E-state index in [4.69, 9.17) is 4.99 Å². The zero-order chi connectivity index (χ0) is 16.4. The molecule has 4 nitrogen and oxygen atoms in total. The second-order valence-electron chi connectivity index (χ2n) is 5.79. The number of likely N-dealkylation sites (N-methyl/N-ethyl adjacent to an activating group) is 1. The van der Waals surface area contributed by atoms with Crippen molar-refractivity contribution in [1.29, 1.82) is 0 Å². The van der Waals surface area contributed by atoms with E-state index in [-0.39, 0.29) is 0 Å². The first-order valence-corrected chi connectivity index (χ1v) is 7.86. The summed E-state index contributed by atoms with van der Waals surface area (Å²) < 4.78 is 1.84. The molecule has 1 heterocycles. The lowest BCUT2D eigenvalue weighted by molar-refractivity contribution is 0.782. The van der Waals surface area contributed by atoms with Crippen molar-refractivity contribution < 1.29 is 0 Å². The van der Waals surface area contributed by atoms with Gasteiger partial charge in [0.2, 0.25) is 0 Å². The van der Waals surface area contributed by atoms with Gasteiger partial charge in [-0.1, -0.05) is 24.8 Å². The van der Waals surface area contributed by atoms with Crippen molar-refractivity contribution in [2.24, 2.45) is 12.0 Å². The molecule has 2 aromatic rings. The van der Waals surface area contributed by atoms with Gasteiger partial charge < -0.3 is 5.32 Å². The second kappa shape index (κ2) is 6.24. The highest BCUT2D eigenvalue weighted by molar-refractivity contribution is 6.14. The molecule has 0 spiro atoms. The SMILES string of the molecule is C=C(C)/C(=N\c1c2ccccc2nn1C)C1=C(NC)C=CCC1. The van der Waals surface area contributed by atoms with E-state index >= 15 is 0 Å².